The summed E-state index contributed by atoms with van der Waals surface area (Å²) in [5.74, 6) is -0.0409. The Bertz CT molecular complexity index is 1110. The van der Waals surface area contributed by atoms with Gasteiger partial charge in [0.25, 0.3) is 5.91 Å². The van der Waals surface area contributed by atoms with Crippen molar-refractivity contribution in [3.63, 3.8) is 0 Å². The topological polar surface area (TPSA) is 96.2 Å². The molecule has 10 heteroatoms. The van der Waals surface area contributed by atoms with E-state index in [1.54, 1.807) is 36.2 Å². The first-order chi connectivity index (χ1) is 16.0. The number of nitrogens with zero attached hydrogens (tertiary/aromatic N) is 6. The number of carbonyl (C=O) groups excluding carboxylic acids is 2. The molecule has 4 rings (SSSR count). The van der Waals surface area contributed by atoms with Crippen molar-refractivity contribution in [3.8, 4) is 0 Å². The van der Waals surface area contributed by atoms with Gasteiger partial charge in [-0.15, -0.1) is 5.10 Å². The van der Waals surface area contributed by atoms with Crippen LogP contribution in [0.3, 0.4) is 0 Å². The zero-order valence-corrected chi connectivity index (χ0v) is 19.6. The highest BCUT2D eigenvalue weighted by atomic mass is 32.2. The molecule has 0 aliphatic carbocycles. The van der Waals surface area contributed by atoms with Gasteiger partial charge < -0.3 is 15.1 Å². The maximum atomic E-state index is 13.0. The summed E-state index contributed by atoms with van der Waals surface area (Å²) < 4.78 is 1.51. The summed E-state index contributed by atoms with van der Waals surface area (Å²) in [6.07, 6.45) is 2.42. The quantitative estimate of drug-likeness (QED) is 0.511. The average molecular weight is 466 g/mol. The lowest BCUT2D eigenvalue weighted by Gasteiger charge is -2.24. The van der Waals surface area contributed by atoms with Crippen LogP contribution >= 0.6 is 11.8 Å². The third-order valence-corrected chi connectivity index (χ3v) is 6.53. The number of hydrogen-bond acceptors (Lipinski definition) is 7. The molecule has 1 N–H and O–H groups in total. The second-order valence-corrected chi connectivity index (χ2v) is 8.93. The Morgan fingerprint density at radius 2 is 1.82 bits per heavy atom. The first kappa shape index (κ1) is 22.8. The Balaban J connectivity index is 1.33. The minimum atomic E-state index is -0.169. The summed E-state index contributed by atoms with van der Waals surface area (Å²) >= 11 is 1.25. The predicted molar refractivity (Wildman–Crippen MR) is 128 cm³/mol. The van der Waals surface area contributed by atoms with Crippen LogP contribution in [0.2, 0.25) is 0 Å². The van der Waals surface area contributed by atoms with Gasteiger partial charge in [0.15, 0.2) is 0 Å². The van der Waals surface area contributed by atoms with Crippen LogP contribution < -0.4 is 10.2 Å². The fraction of sp³-hybridized carbons (Fsp3) is 0.348. The van der Waals surface area contributed by atoms with Crippen LogP contribution in [0.25, 0.3) is 0 Å². The number of nitrogens with one attached hydrogen (secondary N) is 1. The Labute approximate surface area is 197 Å². The van der Waals surface area contributed by atoms with Gasteiger partial charge in [-0.3, -0.25) is 9.59 Å². The van der Waals surface area contributed by atoms with Crippen molar-refractivity contribution in [2.45, 2.75) is 24.5 Å². The lowest BCUT2D eigenvalue weighted by atomic mass is 10.1. The number of amides is 2. The van der Waals surface area contributed by atoms with E-state index in [0.29, 0.717) is 23.0 Å². The molecule has 0 radical (unpaired) electrons. The number of aromatic nitrogens is 4. The molecule has 1 fully saturated rings. The normalized spacial score (nSPS) is 13.2. The van der Waals surface area contributed by atoms with Crippen molar-refractivity contribution in [2.75, 3.05) is 36.1 Å². The molecule has 1 aliphatic rings. The number of carbonyl (C=O) groups is 2. The van der Waals surface area contributed by atoms with Crippen LogP contribution in [0.1, 0.15) is 28.8 Å². The van der Waals surface area contributed by atoms with Gasteiger partial charge in [-0.25, -0.2) is 4.68 Å². The van der Waals surface area contributed by atoms with Crippen molar-refractivity contribution >= 4 is 35.0 Å². The van der Waals surface area contributed by atoms with Gasteiger partial charge in [0, 0.05) is 50.7 Å². The van der Waals surface area contributed by atoms with E-state index in [-0.39, 0.29) is 17.6 Å². The van der Waals surface area contributed by atoms with E-state index < -0.39 is 0 Å². The SMILES string of the molecule is CN(Cc1ccccc1N1CCCC1)C(=O)c1ccc(NC(=O)CSc2nnnn2C)cc1. The monoisotopic (exact) mass is 465 g/mol. The summed E-state index contributed by atoms with van der Waals surface area (Å²) in [6.45, 7) is 2.67. The highest BCUT2D eigenvalue weighted by Crippen LogP contribution is 2.26. The van der Waals surface area contributed by atoms with Crippen LogP contribution in [0.15, 0.2) is 53.7 Å². The summed E-state index contributed by atoms with van der Waals surface area (Å²) in [5, 5.41) is 14.5. The maximum absolute atomic E-state index is 13.0. The lowest BCUT2D eigenvalue weighted by molar-refractivity contribution is -0.113. The second kappa shape index (κ2) is 10.5. The van der Waals surface area contributed by atoms with Crippen LogP contribution in [0.4, 0.5) is 11.4 Å². The molecule has 9 nitrogen and oxygen atoms in total. The van der Waals surface area contributed by atoms with Gasteiger partial charge in [0.1, 0.15) is 0 Å². The molecule has 0 spiro atoms. The first-order valence-corrected chi connectivity index (χ1v) is 11.8. The molecular formula is C23H27N7O2S. The molecule has 172 valence electrons. The molecule has 2 heterocycles. The van der Waals surface area contributed by atoms with Crippen molar-refractivity contribution in [3.05, 3.63) is 59.7 Å². The van der Waals surface area contributed by atoms with E-state index in [2.05, 4.69) is 43.9 Å². The molecule has 0 saturated carbocycles. The standard InChI is InChI=1S/C23H27N7O2S/c1-28(15-18-7-3-4-8-20(18)30-13-5-6-14-30)22(32)17-9-11-19(12-10-17)24-21(31)16-33-23-25-26-27-29(23)2/h3-4,7-12H,5-6,13-16H2,1-2H3,(H,24,31). The van der Waals surface area contributed by atoms with Crippen LogP contribution in [0.5, 0.6) is 0 Å². The van der Waals surface area contributed by atoms with E-state index in [1.165, 1.54) is 35.0 Å². The number of para-hydroxylation sites is 1. The Morgan fingerprint density at radius 3 is 2.52 bits per heavy atom. The van der Waals surface area contributed by atoms with Gasteiger partial charge in [-0.2, -0.15) is 0 Å². The summed E-state index contributed by atoms with van der Waals surface area (Å²) in [6, 6.07) is 15.2. The molecule has 33 heavy (non-hydrogen) atoms. The molecule has 1 saturated heterocycles. The number of benzene rings is 2. The zero-order valence-electron chi connectivity index (χ0n) is 18.8. The largest absolute Gasteiger partial charge is 0.371 e. The van der Waals surface area contributed by atoms with E-state index in [4.69, 9.17) is 0 Å². The third kappa shape index (κ3) is 5.70. The fourth-order valence-corrected chi connectivity index (χ4v) is 4.48. The number of hydrogen-bond donors (Lipinski definition) is 1. The Kier molecular flexibility index (Phi) is 7.23. The second-order valence-electron chi connectivity index (χ2n) is 7.98. The number of anilines is 2. The first-order valence-electron chi connectivity index (χ1n) is 10.8. The minimum absolute atomic E-state index is 0.0607. The van der Waals surface area contributed by atoms with Crippen LogP contribution in [-0.4, -0.2) is 62.8 Å². The van der Waals surface area contributed by atoms with Crippen molar-refractivity contribution in [2.24, 2.45) is 7.05 Å². The van der Waals surface area contributed by atoms with Crippen LogP contribution in [0, 0.1) is 0 Å². The van der Waals surface area contributed by atoms with Crippen molar-refractivity contribution in [1.82, 2.24) is 25.1 Å². The number of tetrazole rings is 1. The third-order valence-electron chi connectivity index (χ3n) is 5.52. The molecule has 0 unspecified atom stereocenters. The van der Waals surface area contributed by atoms with E-state index in [0.717, 1.165) is 18.7 Å². The van der Waals surface area contributed by atoms with Crippen molar-refractivity contribution < 1.29 is 9.59 Å². The van der Waals surface area contributed by atoms with Crippen molar-refractivity contribution in [1.29, 1.82) is 0 Å². The lowest BCUT2D eigenvalue weighted by Crippen LogP contribution is -2.28. The molecule has 0 atom stereocenters. The summed E-state index contributed by atoms with van der Waals surface area (Å²) in [4.78, 5) is 29.3. The minimum Gasteiger partial charge on any atom is -0.371 e. The molecule has 3 aromatic rings. The number of aryl methyl sites for hydroxylation is 1. The molecule has 1 aliphatic heterocycles. The highest BCUT2D eigenvalue weighted by Gasteiger charge is 2.18. The summed E-state index contributed by atoms with van der Waals surface area (Å²) in [5.41, 5.74) is 3.57. The van der Waals surface area contributed by atoms with E-state index in [1.807, 2.05) is 13.1 Å². The van der Waals surface area contributed by atoms with E-state index in [9.17, 15) is 9.59 Å². The predicted octanol–water partition coefficient (Wildman–Crippen LogP) is 2.81. The summed E-state index contributed by atoms with van der Waals surface area (Å²) in [7, 11) is 3.54. The van der Waals surface area contributed by atoms with Gasteiger partial charge in [-0.1, -0.05) is 30.0 Å². The van der Waals surface area contributed by atoms with Gasteiger partial charge in [0.2, 0.25) is 11.1 Å². The van der Waals surface area contributed by atoms with Crippen LogP contribution in [-0.2, 0) is 18.4 Å². The molecule has 1 aromatic heterocycles. The van der Waals surface area contributed by atoms with Gasteiger partial charge in [0.05, 0.1) is 5.75 Å². The Morgan fingerprint density at radius 1 is 1.09 bits per heavy atom. The smallest absolute Gasteiger partial charge is 0.253 e. The van der Waals surface area contributed by atoms with Gasteiger partial charge >= 0.3 is 0 Å². The Hall–Kier alpha value is -3.40. The molecule has 0 bridgehead atoms. The molecule has 2 amide bonds. The molecular weight excluding hydrogens is 438 g/mol. The molecule has 2 aromatic carbocycles. The fourth-order valence-electron chi connectivity index (χ4n) is 3.83. The van der Waals surface area contributed by atoms with Gasteiger partial charge in [-0.05, 0) is 59.2 Å². The number of thioether (sulfide) groups is 1. The highest BCUT2D eigenvalue weighted by molar-refractivity contribution is 7.99. The number of rotatable bonds is 8. The maximum Gasteiger partial charge on any atom is 0.253 e. The average Bonchev–Trinajstić information content (AvgIpc) is 3.50. The zero-order chi connectivity index (χ0) is 23.2. The van der Waals surface area contributed by atoms with E-state index >= 15 is 0 Å².